The Kier molecular flexibility index (Phi) is 2.09. The summed E-state index contributed by atoms with van der Waals surface area (Å²) < 4.78 is 0. The second kappa shape index (κ2) is 3.05. The van der Waals surface area contributed by atoms with E-state index in [1.807, 2.05) is 6.07 Å². The minimum Gasteiger partial charge on any atom is -0.393 e. The van der Waals surface area contributed by atoms with Crippen molar-refractivity contribution >= 4 is 17.1 Å². The molecular formula is C6H4N3O4. The Morgan fingerprint density at radius 1 is 1.23 bits per heavy atom. The lowest BCUT2D eigenvalue weighted by Gasteiger charge is -1.94. The summed E-state index contributed by atoms with van der Waals surface area (Å²) in [6.07, 6.45) is 0. The van der Waals surface area contributed by atoms with Crippen molar-refractivity contribution in [3.05, 3.63) is 38.4 Å². The maximum absolute atomic E-state index is 10.3. The first-order valence-electron chi connectivity index (χ1n) is 3.13. The Morgan fingerprint density at radius 3 is 2.31 bits per heavy atom. The van der Waals surface area contributed by atoms with Gasteiger partial charge in [-0.25, -0.2) is 0 Å². The molecule has 1 rings (SSSR count). The summed E-state index contributed by atoms with van der Waals surface area (Å²) in [5, 5.41) is 20.5. The zero-order valence-electron chi connectivity index (χ0n) is 6.26. The average molecular weight is 182 g/mol. The number of nitrogen functional groups attached to an aromatic ring is 1. The average Bonchev–Trinajstić information content (AvgIpc) is 2.04. The van der Waals surface area contributed by atoms with Gasteiger partial charge < -0.3 is 5.73 Å². The molecule has 0 aliphatic rings. The number of non-ortho nitro benzene ring substituents is 1. The molecule has 0 spiro atoms. The van der Waals surface area contributed by atoms with Crippen LogP contribution >= 0.6 is 0 Å². The van der Waals surface area contributed by atoms with Gasteiger partial charge in [0.1, 0.15) is 5.69 Å². The number of anilines is 1. The predicted molar refractivity (Wildman–Crippen MR) is 43.0 cm³/mol. The minimum absolute atomic E-state index is 0.143. The summed E-state index contributed by atoms with van der Waals surface area (Å²) in [6.45, 7) is 0. The van der Waals surface area contributed by atoms with Crippen molar-refractivity contribution in [2.24, 2.45) is 0 Å². The lowest BCUT2D eigenvalue weighted by atomic mass is 10.2. The van der Waals surface area contributed by atoms with Crippen molar-refractivity contribution in [2.75, 3.05) is 5.73 Å². The number of nitro benzene ring substituents is 2. The predicted octanol–water partition coefficient (Wildman–Crippen LogP) is 0.885. The SMILES string of the molecule is Nc1ccc([N+](=O)[O-])[c]c1[N+](=O)[O-]. The standard InChI is InChI=1S/C6H4N3O4/c7-5-2-1-4(8(10)11)3-6(5)9(12)13/h1-2H,7H2. The van der Waals surface area contributed by atoms with E-state index in [1.165, 1.54) is 0 Å². The molecule has 0 aliphatic carbocycles. The first-order chi connectivity index (χ1) is 6.02. The van der Waals surface area contributed by atoms with Crippen molar-refractivity contribution in [2.45, 2.75) is 0 Å². The molecular weight excluding hydrogens is 178 g/mol. The molecule has 0 fully saturated rings. The van der Waals surface area contributed by atoms with Gasteiger partial charge >= 0.3 is 5.69 Å². The van der Waals surface area contributed by atoms with Crippen molar-refractivity contribution in [1.82, 2.24) is 0 Å². The third-order valence-corrected chi connectivity index (χ3v) is 1.32. The van der Waals surface area contributed by atoms with Crippen molar-refractivity contribution in [3.63, 3.8) is 0 Å². The summed E-state index contributed by atoms with van der Waals surface area (Å²) in [6, 6.07) is 4.15. The van der Waals surface area contributed by atoms with E-state index in [9.17, 15) is 20.2 Å². The molecule has 0 atom stereocenters. The van der Waals surface area contributed by atoms with Gasteiger partial charge in [0.2, 0.25) is 0 Å². The highest BCUT2D eigenvalue weighted by Gasteiger charge is 2.17. The van der Waals surface area contributed by atoms with Gasteiger partial charge in [-0.15, -0.1) is 0 Å². The van der Waals surface area contributed by atoms with Crippen molar-refractivity contribution in [3.8, 4) is 0 Å². The van der Waals surface area contributed by atoms with Crippen LogP contribution in [0.2, 0.25) is 0 Å². The van der Waals surface area contributed by atoms with E-state index in [1.54, 1.807) is 0 Å². The first kappa shape index (κ1) is 8.91. The molecule has 1 radical (unpaired) electrons. The Morgan fingerprint density at radius 2 is 1.85 bits per heavy atom. The van der Waals surface area contributed by atoms with Crippen LogP contribution in [0, 0.1) is 26.3 Å². The molecule has 0 saturated carbocycles. The Balaban J connectivity index is 3.27. The number of hydrogen-bond donors (Lipinski definition) is 1. The lowest BCUT2D eigenvalue weighted by Crippen LogP contribution is -1.97. The van der Waals surface area contributed by atoms with E-state index >= 15 is 0 Å². The van der Waals surface area contributed by atoms with E-state index in [4.69, 9.17) is 5.73 Å². The van der Waals surface area contributed by atoms with Crippen molar-refractivity contribution in [1.29, 1.82) is 0 Å². The molecule has 13 heavy (non-hydrogen) atoms. The van der Waals surface area contributed by atoms with Gasteiger partial charge in [-0.1, -0.05) is 0 Å². The largest absolute Gasteiger partial charge is 0.393 e. The smallest absolute Gasteiger partial charge is 0.307 e. The van der Waals surface area contributed by atoms with Crippen LogP contribution in [-0.2, 0) is 0 Å². The normalized spacial score (nSPS) is 9.54. The molecule has 0 heterocycles. The van der Waals surface area contributed by atoms with E-state index in [-0.39, 0.29) is 5.69 Å². The van der Waals surface area contributed by atoms with Crippen LogP contribution in [0.15, 0.2) is 12.1 Å². The zero-order valence-corrected chi connectivity index (χ0v) is 6.26. The lowest BCUT2D eigenvalue weighted by molar-refractivity contribution is -0.394. The highest BCUT2D eigenvalue weighted by atomic mass is 16.6. The van der Waals surface area contributed by atoms with Gasteiger partial charge in [-0.05, 0) is 6.07 Å². The molecule has 1 aromatic rings. The number of nitrogens with zero attached hydrogens (tertiary/aromatic N) is 2. The van der Waals surface area contributed by atoms with Crippen LogP contribution in [0.1, 0.15) is 0 Å². The van der Waals surface area contributed by atoms with Crippen molar-refractivity contribution < 1.29 is 9.85 Å². The maximum atomic E-state index is 10.3. The Hall–Kier alpha value is -2.18. The maximum Gasteiger partial charge on any atom is 0.307 e. The van der Waals surface area contributed by atoms with Gasteiger partial charge in [0.15, 0.2) is 6.07 Å². The molecule has 0 saturated heterocycles. The highest BCUT2D eigenvalue weighted by molar-refractivity contribution is 5.61. The number of nitro groups is 2. The van der Waals surface area contributed by atoms with Gasteiger partial charge in [0.25, 0.3) is 5.69 Å². The minimum atomic E-state index is -0.817. The molecule has 7 heteroatoms. The van der Waals surface area contributed by atoms with Crippen LogP contribution < -0.4 is 5.73 Å². The van der Waals surface area contributed by atoms with Crippen LogP contribution in [0.4, 0.5) is 17.1 Å². The van der Waals surface area contributed by atoms with Gasteiger partial charge in [-0.2, -0.15) is 0 Å². The molecule has 0 aliphatic heterocycles. The Labute approximate surface area is 72.1 Å². The summed E-state index contributed by atoms with van der Waals surface area (Å²) in [7, 11) is 0. The quantitative estimate of drug-likeness (QED) is 0.414. The van der Waals surface area contributed by atoms with Crippen LogP contribution in [0.3, 0.4) is 0 Å². The van der Waals surface area contributed by atoms with Gasteiger partial charge in [0, 0.05) is 6.07 Å². The van der Waals surface area contributed by atoms with Crippen LogP contribution in [-0.4, -0.2) is 9.85 Å². The molecule has 0 unspecified atom stereocenters. The molecule has 7 nitrogen and oxygen atoms in total. The Bertz CT molecular complexity index is 376. The highest BCUT2D eigenvalue weighted by Crippen LogP contribution is 2.24. The van der Waals surface area contributed by atoms with E-state index < -0.39 is 21.2 Å². The van der Waals surface area contributed by atoms with E-state index in [0.717, 1.165) is 12.1 Å². The van der Waals surface area contributed by atoms with Crippen LogP contribution in [0.5, 0.6) is 0 Å². The number of nitrogens with two attached hydrogens (primary N) is 1. The fourth-order valence-electron chi connectivity index (χ4n) is 0.740. The fourth-order valence-corrected chi connectivity index (χ4v) is 0.740. The number of hydrogen-bond acceptors (Lipinski definition) is 5. The zero-order chi connectivity index (χ0) is 10.0. The third kappa shape index (κ3) is 1.70. The summed E-state index contributed by atoms with van der Waals surface area (Å²) in [5.74, 6) is 0. The molecule has 67 valence electrons. The topological polar surface area (TPSA) is 112 Å². The molecule has 0 aromatic heterocycles. The number of rotatable bonds is 2. The van der Waals surface area contributed by atoms with Crippen LogP contribution in [0.25, 0.3) is 0 Å². The first-order valence-corrected chi connectivity index (χ1v) is 3.13. The second-order valence-electron chi connectivity index (χ2n) is 2.16. The summed E-state index contributed by atoms with van der Waals surface area (Å²) >= 11 is 0. The number of benzene rings is 1. The molecule has 0 bridgehead atoms. The third-order valence-electron chi connectivity index (χ3n) is 1.32. The molecule has 2 N–H and O–H groups in total. The molecule has 1 aromatic carbocycles. The monoisotopic (exact) mass is 182 g/mol. The summed E-state index contributed by atoms with van der Waals surface area (Å²) in [5.41, 5.74) is 4.01. The van der Waals surface area contributed by atoms with Gasteiger partial charge in [0.05, 0.1) is 9.85 Å². The van der Waals surface area contributed by atoms with E-state index in [0.29, 0.717) is 0 Å². The van der Waals surface area contributed by atoms with Gasteiger partial charge in [-0.3, -0.25) is 20.2 Å². The second-order valence-corrected chi connectivity index (χ2v) is 2.16. The van der Waals surface area contributed by atoms with E-state index in [2.05, 4.69) is 0 Å². The molecule has 0 amide bonds. The summed E-state index contributed by atoms with van der Waals surface area (Å²) in [4.78, 5) is 18.9. The fraction of sp³-hybridized carbons (Fsp3) is 0.